The van der Waals surface area contributed by atoms with Crippen LogP contribution in [0.3, 0.4) is 0 Å². The maximum atomic E-state index is 12.4. The Kier molecular flexibility index (Phi) is 5.97. The first-order valence-corrected chi connectivity index (χ1v) is 5.17. The molecule has 2 N–H and O–H groups in total. The van der Waals surface area contributed by atoms with Gasteiger partial charge in [0.15, 0.2) is 0 Å². The van der Waals surface area contributed by atoms with E-state index in [1.807, 2.05) is 0 Å². The minimum absolute atomic E-state index is 0. The molecule has 10 heteroatoms. The molecule has 1 aromatic carbocycles. The van der Waals surface area contributed by atoms with Crippen LogP contribution in [0.2, 0.25) is 0 Å². The predicted octanol–water partition coefficient (Wildman–Crippen LogP) is 4.33. The molecular formula is C9H7BrClF6NO. The van der Waals surface area contributed by atoms with Gasteiger partial charge in [-0.3, -0.25) is 0 Å². The number of hydrogen-bond donors (Lipinski definition) is 1. The van der Waals surface area contributed by atoms with Crippen molar-refractivity contribution < 1.29 is 31.1 Å². The fourth-order valence-corrected chi connectivity index (χ4v) is 1.54. The van der Waals surface area contributed by atoms with E-state index >= 15 is 0 Å². The predicted molar refractivity (Wildman–Crippen MR) is 61.1 cm³/mol. The van der Waals surface area contributed by atoms with E-state index in [2.05, 4.69) is 20.7 Å². The average Bonchev–Trinajstić information content (AvgIpc) is 2.16. The van der Waals surface area contributed by atoms with E-state index in [9.17, 15) is 26.3 Å². The van der Waals surface area contributed by atoms with E-state index in [1.54, 1.807) is 0 Å². The maximum absolute atomic E-state index is 12.4. The summed E-state index contributed by atoms with van der Waals surface area (Å²) >= 11 is 2.85. The van der Waals surface area contributed by atoms with Crippen molar-refractivity contribution in [3.05, 3.63) is 28.2 Å². The van der Waals surface area contributed by atoms with Crippen molar-refractivity contribution in [2.24, 2.45) is 5.73 Å². The van der Waals surface area contributed by atoms with Gasteiger partial charge in [-0.05, 0) is 18.2 Å². The Morgan fingerprint density at radius 3 is 2.05 bits per heavy atom. The quantitative estimate of drug-likeness (QED) is 0.782. The first-order valence-electron chi connectivity index (χ1n) is 4.38. The lowest BCUT2D eigenvalue weighted by molar-refractivity contribution is -0.275. The minimum Gasteiger partial charge on any atom is -0.405 e. The Hall–Kier alpha value is -0.670. The Balaban J connectivity index is 0.00000324. The van der Waals surface area contributed by atoms with E-state index in [0.717, 1.165) is 18.2 Å². The number of nitrogens with two attached hydrogens (primary N) is 1. The van der Waals surface area contributed by atoms with Gasteiger partial charge in [-0.15, -0.1) is 25.6 Å². The van der Waals surface area contributed by atoms with Gasteiger partial charge >= 0.3 is 12.5 Å². The molecule has 1 rings (SSSR count). The van der Waals surface area contributed by atoms with Gasteiger partial charge in [0.1, 0.15) is 11.8 Å². The summed E-state index contributed by atoms with van der Waals surface area (Å²) in [6.07, 6.45) is -9.96. The molecule has 0 aliphatic carbocycles. The topological polar surface area (TPSA) is 35.2 Å². The summed E-state index contributed by atoms with van der Waals surface area (Å²) < 4.78 is 76.9. The first kappa shape index (κ1) is 18.3. The van der Waals surface area contributed by atoms with Crippen LogP contribution in [0.5, 0.6) is 5.75 Å². The Morgan fingerprint density at radius 2 is 1.63 bits per heavy atom. The zero-order valence-corrected chi connectivity index (χ0v) is 11.3. The van der Waals surface area contributed by atoms with Crippen molar-refractivity contribution in [1.82, 2.24) is 0 Å². The van der Waals surface area contributed by atoms with Gasteiger partial charge in [-0.1, -0.05) is 15.9 Å². The third kappa shape index (κ3) is 5.45. The smallest absolute Gasteiger partial charge is 0.405 e. The molecular weight excluding hydrogens is 367 g/mol. The Bertz CT molecular complexity index is 436. The highest BCUT2D eigenvalue weighted by Crippen LogP contribution is 2.38. The average molecular weight is 375 g/mol. The van der Waals surface area contributed by atoms with Crippen molar-refractivity contribution in [2.45, 2.75) is 18.6 Å². The molecule has 0 amide bonds. The van der Waals surface area contributed by atoms with Gasteiger partial charge in [0.2, 0.25) is 0 Å². The minimum atomic E-state index is -5.09. The van der Waals surface area contributed by atoms with Crippen LogP contribution in [0.1, 0.15) is 11.6 Å². The highest BCUT2D eigenvalue weighted by molar-refractivity contribution is 9.10. The summed E-state index contributed by atoms with van der Waals surface area (Å²) in [7, 11) is 0. The number of rotatable bonds is 2. The van der Waals surface area contributed by atoms with Crippen LogP contribution in [0.15, 0.2) is 22.7 Å². The van der Waals surface area contributed by atoms with Crippen molar-refractivity contribution in [2.75, 3.05) is 0 Å². The summed E-state index contributed by atoms with van der Waals surface area (Å²) in [6.45, 7) is 0. The summed E-state index contributed by atoms with van der Waals surface area (Å²) in [4.78, 5) is 0. The molecule has 0 fully saturated rings. The molecule has 0 unspecified atom stereocenters. The molecule has 1 aromatic rings. The first-order chi connectivity index (χ1) is 8.00. The Morgan fingerprint density at radius 1 is 1.11 bits per heavy atom. The lowest BCUT2D eigenvalue weighted by Gasteiger charge is -2.20. The second-order valence-electron chi connectivity index (χ2n) is 3.25. The number of hydrogen-bond acceptors (Lipinski definition) is 2. The normalized spacial score (nSPS) is 13.7. The van der Waals surface area contributed by atoms with Gasteiger partial charge in [-0.25, -0.2) is 0 Å². The zero-order chi connectivity index (χ0) is 14.1. The highest BCUT2D eigenvalue weighted by Gasteiger charge is 2.41. The van der Waals surface area contributed by atoms with Gasteiger partial charge in [0.05, 0.1) is 0 Å². The van der Waals surface area contributed by atoms with Gasteiger partial charge < -0.3 is 10.5 Å². The van der Waals surface area contributed by atoms with Crippen molar-refractivity contribution in [3.8, 4) is 5.75 Å². The van der Waals surface area contributed by atoms with Gasteiger partial charge in [0, 0.05) is 10.0 Å². The third-order valence-corrected chi connectivity index (χ3v) is 2.38. The maximum Gasteiger partial charge on any atom is 0.573 e. The lowest BCUT2D eigenvalue weighted by Crippen LogP contribution is -2.30. The fraction of sp³-hybridized carbons (Fsp3) is 0.333. The molecule has 0 aromatic heterocycles. The van der Waals surface area contributed by atoms with E-state index < -0.39 is 29.9 Å². The van der Waals surface area contributed by atoms with Crippen LogP contribution in [0.25, 0.3) is 0 Å². The second-order valence-corrected chi connectivity index (χ2v) is 4.16. The van der Waals surface area contributed by atoms with E-state index in [1.165, 1.54) is 0 Å². The lowest BCUT2D eigenvalue weighted by atomic mass is 10.1. The summed E-state index contributed by atoms with van der Waals surface area (Å²) in [6, 6.07) is 0.151. The second kappa shape index (κ2) is 6.19. The molecule has 0 aliphatic heterocycles. The molecule has 19 heavy (non-hydrogen) atoms. The molecule has 110 valence electrons. The van der Waals surface area contributed by atoms with Crippen LogP contribution >= 0.6 is 28.3 Å². The number of halogens is 8. The fourth-order valence-electron chi connectivity index (χ4n) is 1.16. The molecule has 0 saturated carbocycles. The number of benzene rings is 1. The third-order valence-electron chi connectivity index (χ3n) is 1.89. The molecule has 2 nitrogen and oxygen atoms in total. The van der Waals surface area contributed by atoms with E-state index in [4.69, 9.17) is 5.73 Å². The van der Waals surface area contributed by atoms with E-state index in [0.29, 0.717) is 0 Å². The molecule has 0 saturated heterocycles. The molecule has 0 aliphatic rings. The van der Waals surface area contributed by atoms with Gasteiger partial charge in [0.25, 0.3) is 0 Å². The van der Waals surface area contributed by atoms with Crippen molar-refractivity contribution >= 4 is 28.3 Å². The van der Waals surface area contributed by atoms with Crippen molar-refractivity contribution in [1.29, 1.82) is 0 Å². The number of ether oxygens (including phenoxy) is 1. The standard InChI is InChI=1S/C9H6BrF6NO.ClH/c10-4-1-2-6(18-9(14,15)16)5(3-4)7(17)8(11,12)13;/h1-3,7H,17H2;1H/t7-;/m1./s1. The van der Waals surface area contributed by atoms with Crippen LogP contribution in [0.4, 0.5) is 26.3 Å². The monoisotopic (exact) mass is 373 g/mol. The Labute approximate surface area is 118 Å². The summed E-state index contributed by atoms with van der Waals surface area (Å²) in [5, 5.41) is 0. The largest absolute Gasteiger partial charge is 0.573 e. The number of alkyl halides is 6. The van der Waals surface area contributed by atoms with Crippen molar-refractivity contribution in [3.63, 3.8) is 0 Å². The zero-order valence-electron chi connectivity index (χ0n) is 8.85. The van der Waals surface area contributed by atoms with E-state index in [-0.39, 0.29) is 16.9 Å². The van der Waals surface area contributed by atoms with Crippen LogP contribution < -0.4 is 10.5 Å². The van der Waals surface area contributed by atoms with Crippen LogP contribution in [0, 0.1) is 0 Å². The summed E-state index contributed by atoms with van der Waals surface area (Å²) in [5.41, 5.74) is 4.07. The molecule has 0 heterocycles. The molecule has 0 spiro atoms. The molecule has 0 radical (unpaired) electrons. The van der Waals surface area contributed by atoms with Crippen LogP contribution in [-0.2, 0) is 0 Å². The highest BCUT2D eigenvalue weighted by atomic mass is 79.9. The summed E-state index contributed by atoms with van der Waals surface area (Å²) in [5.74, 6) is -0.976. The molecule has 1 atom stereocenters. The SMILES string of the molecule is Cl.N[C@H](c1cc(Br)ccc1OC(F)(F)F)C(F)(F)F. The molecule has 0 bridgehead atoms. The van der Waals surface area contributed by atoms with Gasteiger partial charge in [-0.2, -0.15) is 13.2 Å². The van der Waals surface area contributed by atoms with Crippen LogP contribution in [-0.4, -0.2) is 12.5 Å².